The first-order valence-electron chi connectivity index (χ1n) is 21.9. The van der Waals surface area contributed by atoms with Gasteiger partial charge in [0, 0.05) is 37.4 Å². The number of nitrogens with zero attached hydrogens (tertiary/aromatic N) is 4. The molecule has 2 heterocycles. The van der Waals surface area contributed by atoms with Crippen molar-refractivity contribution < 1.29 is 62.1 Å². The van der Waals surface area contributed by atoms with Gasteiger partial charge < -0.3 is 38.7 Å². The number of fused-ring (bicyclic) bond motifs is 1. The lowest BCUT2D eigenvalue weighted by Crippen LogP contribution is -2.43. The maximum atomic E-state index is 14.7. The second kappa shape index (κ2) is 32.4. The molecule has 0 radical (unpaired) electrons. The molecule has 2 aliphatic heterocycles. The molecule has 0 saturated heterocycles. The third-order valence-corrected chi connectivity index (χ3v) is 11.0. The van der Waals surface area contributed by atoms with Crippen molar-refractivity contribution in [3.05, 3.63) is 83.7 Å². The van der Waals surface area contributed by atoms with Crippen LogP contribution in [0.1, 0.15) is 50.7 Å². The van der Waals surface area contributed by atoms with Gasteiger partial charge in [0.1, 0.15) is 19.2 Å². The molecule has 2 atom stereocenters. The van der Waals surface area contributed by atoms with Crippen LogP contribution in [0.5, 0.6) is 5.75 Å². The maximum Gasteiger partial charge on any atom is 0.317 e. The van der Waals surface area contributed by atoms with Gasteiger partial charge in [0.05, 0.1) is 67.9 Å². The van der Waals surface area contributed by atoms with E-state index in [2.05, 4.69) is 50.8 Å². The fourth-order valence-electron chi connectivity index (χ4n) is 6.93. The number of carboxylic acid groups (broad SMARTS) is 1. The molecule has 23 heteroatoms. The van der Waals surface area contributed by atoms with Crippen molar-refractivity contribution in [1.29, 1.82) is 0 Å². The summed E-state index contributed by atoms with van der Waals surface area (Å²) in [5, 5.41) is 9.97. The first kappa shape index (κ1) is 64.3. The van der Waals surface area contributed by atoms with Crippen LogP contribution in [0.3, 0.4) is 0 Å². The van der Waals surface area contributed by atoms with Crippen LogP contribution in [0.25, 0.3) is 0 Å². The number of aliphatic carboxylic acids is 1. The Balaban J connectivity index is 0.000000493. The van der Waals surface area contributed by atoms with Gasteiger partial charge in [-0.15, -0.1) is 31.2 Å². The minimum absolute atomic E-state index is 0.0170. The summed E-state index contributed by atoms with van der Waals surface area (Å²) in [7, 11) is -2.07. The number of rotatable bonds is 17. The summed E-state index contributed by atoms with van der Waals surface area (Å²) in [6.07, 6.45) is 18.0. The number of carbonyl (C=O) groups excluding carboxylic acids is 5. The smallest absolute Gasteiger partial charge is 0.317 e. The normalized spacial score (nSPS) is 14.8. The predicted octanol–water partition coefficient (Wildman–Crippen LogP) is 5.74. The molecule has 2 unspecified atom stereocenters. The first-order chi connectivity index (χ1) is 33.4. The van der Waals surface area contributed by atoms with Gasteiger partial charge in [-0.2, -0.15) is 0 Å². The van der Waals surface area contributed by atoms with Gasteiger partial charge in [-0.1, -0.05) is 66.4 Å². The van der Waals surface area contributed by atoms with Crippen molar-refractivity contribution in [1.82, 2.24) is 10.2 Å². The van der Waals surface area contributed by atoms with Gasteiger partial charge in [-0.25, -0.2) is 9.29 Å². The molecule has 0 fully saturated rings. The lowest BCUT2D eigenvalue weighted by atomic mass is 9.93. The predicted molar refractivity (Wildman–Crippen MR) is 279 cm³/mol. The molecule has 0 spiro atoms. The van der Waals surface area contributed by atoms with E-state index in [0.717, 1.165) is 47.0 Å². The summed E-state index contributed by atoms with van der Waals surface area (Å²) in [6, 6.07) is 8.41. The van der Waals surface area contributed by atoms with Crippen LogP contribution in [0.15, 0.2) is 66.8 Å². The number of ether oxygens (including phenoxy) is 2. The molecule has 0 saturated carbocycles. The van der Waals surface area contributed by atoms with E-state index in [1.165, 1.54) is 15.9 Å². The van der Waals surface area contributed by atoms with E-state index in [1.54, 1.807) is 24.2 Å². The van der Waals surface area contributed by atoms with E-state index in [1.807, 2.05) is 31.3 Å². The number of benzene rings is 2. The second-order valence-electron chi connectivity index (χ2n) is 16.0. The van der Waals surface area contributed by atoms with Gasteiger partial charge in [-0.3, -0.25) is 39.0 Å². The largest absolute Gasteiger partial charge is 0.778 e. The van der Waals surface area contributed by atoms with Gasteiger partial charge in [0.25, 0.3) is 23.6 Å². The number of alkyl halides is 3. The zero-order valence-corrected chi connectivity index (χ0v) is 45.0. The molecule has 392 valence electrons. The van der Waals surface area contributed by atoms with Crippen LogP contribution in [0, 0.1) is 25.1 Å². The molecular formula is C48H64Cl3FN5O12PS. The number of terminal acetylenes is 1. The summed E-state index contributed by atoms with van der Waals surface area (Å²) in [5.74, 6) is -1.20. The number of hydrogen-bond acceptors (Lipinski definition) is 11. The molecule has 3 N–H and O–H groups in total. The summed E-state index contributed by atoms with van der Waals surface area (Å²) in [6.45, 7) is 13.7. The number of hydrogen-bond donors (Lipinski definition) is 3. The van der Waals surface area contributed by atoms with Gasteiger partial charge >= 0.3 is 5.97 Å². The van der Waals surface area contributed by atoms with Crippen molar-refractivity contribution in [3.8, 4) is 18.1 Å². The van der Waals surface area contributed by atoms with E-state index in [0.29, 0.717) is 54.6 Å². The fourth-order valence-corrected chi connectivity index (χ4v) is 7.73. The van der Waals surface area contributed by atoms with E-state index < -0.39 is 48.9 Å². The zero-order chi connectivity index (χ0) is 54.2. The van der Waals surface area contributed by atoms with Crippen LogP contribution >= 0.6 is 42.4 Å². The van der Waals surface area contributed by atoms with E-state index >= 15 is 0 Å². The standard InChI is InChI=1S/C19H15FN2O4.C15H22ClNO2.C8H11Cl2NO.C3H8NO5P.C3H9S/c1-2-7-21-15-9-14(13(20)8-16(15)26-10-17(21)23)22-18(24)11-5-3-4-6-12(11)19(22)25;1-5-13-8-6-7-11(2)15(13)17(14(18)9-16)12(3)10-19-4;1-3-5-11(6-4-2)8(12)7(9)10;5-3(6)1-4-2-10(7,8)9;1-4(2)3/h1,8-9H,3-7,10H2;6-8,12H,5,9-10H2,1-4H3;3-4,7H,1-2,5-6H2;4H,1-2H2,(H,5,6)(H2,7,8,9);1-3H3/q;;;;+1/p-1. The number of methoxy groups -OCH3 is 1. The highest BCUT2D eigenvalue weighted by atomic mass is 35.5. The van der Waals surface area contributed by atoms with Gasteiger partial charge in [0.15, 0.2) is 17.3 Å². The van der Waals surface area contributed by atoms with Crippen LogP contribution in [-0.2, 0) is 55.4 Å². The molecule has 3 aliphatic rings. The molecule has 2 aromatic rings. The number of amides is 5. The molecule has 71 heavy (non-hydrogen) atoms. The van der Waals surface area contributed by atoms with Crippen molar-refractivity contribution in [3.63, 3.8) is 0 Å². The van der Waals surface area contributed by atoms with Crippen molar-refractivity contribution in [2.24, 2.45) is 0 Å². The van der Waals surface area contributed by atoms with Gasteiger partial charge in [-0.05, 0) is 74.0 Å². The van der Waals surface area contributed by atoms with Crippen LogP contribution in [0.2, 0.25) is 0 Å². The van der Waals surface area contributed by atoms with Crippen LogP contribution in [0.4, 0.5) is 21.5 Å². The number of imide groups is 1. The summed E-state index contributed by atoms with van der Waals surface area (Å²) in [4.78, 5) is 92.9. The van der Waals surface area contributed by atoms with E-state index in [9.17, 15) is 42.6 Å². The molecule has 0 bridgehead atoms. The molecule has 5 rings (SSSR count). The van der Waals surface area contributed by atoms with Gasteiger partial charge in [0.2, 0.25) is 5.91 Å². The highest BCUT2D eigenvalue weighted by Gasteiger charge is 2.42. The van der Waals surface area contributed by atoms with Crippen molar-refractivity contribution >= 4 is 106 Å². The SMILES string of the molecule is C#CCN1C(=O)COc2cc(F)c(N3C(=O)C4=C(CCCC4)C3=O)cc21.C=CCN(CC=C)C(=O)C(Cl)Cl.CCc1cccc(C)c1N(C(=O)CCl)C(C)COC.C[S+](C)C.O=C(O)CNCP(=O)([O-])O. The molecule has 17 nitrogen and oxygen atoms in total. The third-order valence-electron chi connectivity index (χ3n) is 9.81. The number of carbonyl (C=O) groups is 6. The number of carboxylic acids is 1. The minimum atomic E-state index is -4.35. The summed E-state index contributed by atoms with van der Waals surface area (Å²) in [5.41, 5.74) is 4.20. The Morgan fingerprint density at radius 2 is 1.65 bits per heavy atom. The number of nitrogens with one attached hydrogen (secondary N) is 1. The topological polar surface area (TPSA) is 226 Å². The lowest BCUT2D eigenvalue weighted by molar-refractivity contribution is -0.193. The van der Waals surface area contributed by atoms with E-state index in [-0.39, 0.29) is 59.9 Å². The van der Waals surface area contributed by atoms with E-state index in [4.69, 9.17) is 60.7 Å². The Bertz CT molecular complexity index is 2290. The lowest BCUT2D eigenvalue weighted by Gasteiger charge is -2.31. The first-order valence-corrected chi connectivity index (χ1v) is 27.5. The van der Waals surface area contributed by atoms with Crippen LogP contribution < -0.4 is 29.6 Å². The maximum absolute atomic E-state index is 14.7. The monoisotopic (exact) mass is 1090 g/mol. The van der Waals surface area contributed by atoms with Crippen molar-refractivity contribution in [2.75, 3.05) is 92.1 Å². The number of aryl methyl sites for hydroxylation is 2. The number of para-hydroxylation sites is 1. The highest BCUT2D eigenvalue weighted by Crippen LogP contribution is 2.42. The summed E-state index contributed by atoms with van der Waals surface area (Å²) >= 11 is 16.6. The Kier molecular flexibility index (Phi) is 29.3. The molecule has 0 aromatic heterocycles. The molecular weight excluding hydrogens is 1030 g/mol. The minimum Gasteiger partial charge on any atom is -0.778 e. The highest BCUT2D eigenvalue weighted by molar-refractivity contribution is 7.94. The number of halogens is 4. The average Bonchev–Trinajstić information content (AvgIpc) is 3.55. The van der Waals surface area contributed by atoms with Crippen LogP contribution in [-0.4, -0.2) is 139 Å². The Labute approximate surface area is 433 Å². The Hall–Kier alpha value is -4.74. The van der Waals surface area contributed by atoms with Crippen molar-refractivity contribution in [2.45, 2.75) is 63.8 Å². The Morgan fingerprint density at radius 1 is 1.08 bits per heavy atom. The average molecular weight is 1090 g/mol. The zero-order valence-electron chi connectivity index (χ0n) is 41.0. The Morgan fingerprint density at radius 3 is 2.10 bits per heavy atom. The second-order valence-corrected chi connectivity index (χ2v) is 21.4. The summed E-state index contributed by atoms with van der Waals surface area (Å²) < 4.78 is 35.1. The quantitative estimate of drug-likeness (QED) is 0.0430. The number of anilines is 3. The third kappa shape index (κ3) is 20.7. The molecule has 1 aliphatic carbocycles. The molecule has 2 aromatic carbocycles. The fraction of sp³-hybridized carbons (Fsp3) is 0.458. The molecule has 5 amide bonds.